The summed E-state index contributed by atoms with van der Waals surface area (Å²) in [7, 11) is 0. The molecule has 1 nitrogen and oxygen atoms in total. The Kier molecular flexibility index (Phi) is 3.04. The Morgan fingerprint density at radius 2 is 2.46 bits per heavy atom. The largest absolute Gasteiger partial charge is 0.253 e. The van der Waals surface area contributed by atoms with Crippen molar-refractivity contribution in [1.82, 2.24) is 4.98 Å². The predicted octanol–water partition coefficient (Wildman–Crippen LogP) is 3.50. The molecule has 1 aliphatic rings. The van der Waals surface area contributed by atoms with E-state index in [2.05, 4.69) is 27.8 Å². The average molecular weight is 260 g/mol. The zero-order chi connectivity index (χ0) is 9.26. The Morgan fingerprint density at radius 3 is 3.00 bits per heavy atom. The lowest BCUT2D eigenvalue weighted by molar-refractivity contribution is 0.426. The van der Waals surface area contributed by atoms with E-state index in [0.29, 0.717) is 0 Å². The van der Waals surface area contributed by atoms with Gasteiger partial charge < -0.3 is 0 Å². The lowest BCUT2D eigenvalue weighted by Gasteiger charge is -2.15. The van der Waals surface area contributed by atoms with Gasteiger partial charge in [-0.15, -0.1) is 11.3 Å². The van der Waals surface area contributed by atoms with Gasteiger partial charge in [-0.25, -0.2) is 0 Å². The van der Waals surface area contributed by atoms with E-state index in [-0.39, 0.29) is 0 Å². The van der Waals surface area contributed by atoms with E-state index in [1.807, 2.05) is 11.7 Å². The summed E-state index contributed by atoms with van der Waals surface area (Å²) < 4.78 is 0. The van der Waals surface area contributed by atoms with Crippen LogP contribution in [0.2, 0.25) is 0 Å². The van der Waals surface area contributed by atoms with E-state index in [1.165, 1.54) is 24.1 Å². The normalized spacial score (nSPS) is 33.8. The van der Waals surface area contributed by atoms with Gasteiger partial charge >= 0.3 is 0 Å². The van der Waals surface area contributed by atoms with Crippen LogP contribution < -0.4 is 0 Å². The molecule has 0 radical (unpaired) electrons. The SMILES string of the molecule is CC1C(Br)CCC1Cc1cncs1. The van der Waals surface area contributed by atoms with Gasteiger partial charge in [-0.05, 0) is 31.1 Å². The number of halogens is 1. The molecule has 0 N–H and O–H groups in total. The van der Waals surface area contributed by atoms with Crippen LogP contribution in [0.15, 0.2) is 11.7 Å². The molecule has 0 aliphatic heterocycles. The van der Waals surface area contributed by atoms with Crippen LogP contribution in [-0.2, 0) is 6.42 Å². The van der Waals surface area contributed by atoms with E-state index in [1.54, 1.807) is 11.3 Å². The molecule has 1 aliphatic carbocycles. The van der Waals surface area contributed by atoms with Gasteiger partial charge in [0, 0.05) is 15.9 Å². The first-order valence-corrected chi connectivity index (χ1v) is 6.58. The van der Waals surface area contributed by atoms with Crippen LogP contribution in [0.25, 0.3) is 0 Å². The molecule has 3 unspecified atom stereocenters. The summed E-state index contributed by atoms with van der Waals surface area (Å²) >= 11 is 5.52. The third-order valence-electron chi connectivity index (χ3n) is 3.07. The summed E-state index contributed by atoms with van der Waals surface area (Å²) in [4.78, 5) is 6.30. The van der Waals surface area contributed by atoms with Crippen LogP contribution in [0.1, 0.15) is 24.6 Å². The maximum atomic E-state index is 4.12. The van der Waals surface area contributed by atoms with Gasteiger partial charge in [0.1, 0.15) is 0 Å². The molecule has 0 aromatic carbocycles. The Hall–Kier alpha value is 0.110. The van der Waals surface area contributed by atoms with Crippen molar-refractivity contribution in [2.24, 2.45) is 11.8 Å². The molecule has 0 spiro atoms. The van der Waals surface area contributed by atoms with Crippen LogP contribution in [0.5, 0.6) is 0 Å². The van der Waals surface area contributed by atoms with E-state index in [0.717, 1.165) is 16.7 Å². The monoisotopic (exact) mass is 259 g/mol. The summed E-state index contributed by atoms with van der Waals surface area (Å²) in [5, 5.41) is 0. The average Bonchev–Trinajstić information content (AvgIpc) is 2.71. The quantitative estimate of drug-likeness (QED) is 0.742. The minimum atomic E-state index is 0.741. The minimum absolute atomic E-state index is 0.741. The molecule has 1 aromatic heterocycles. The predicted molar refractivity (Wildman–Crippen MR) is 60.4 cm³/mol. The van der Waals surface area contributed by atoms with Crippen LogP contribution >= 0.6 is 27.3 Å². The maximum Gasteiger partial charge on any atom is 0.0794 e. The van der Waals surface area contributed by atoms with Gasteiger partial charge in [-0.3, -0.25) is 4.98 Å². The van der Waals surface area contributed by atoms with Gasteiger partial charge in [-0.2, -0.15) is 0 Å². The molecule has 1 saturated carbocycles. The molecule has 2 rings (SSSR count). The van der Waals surface area contributed by atoms with E-state index in [4.69, 9.17) is 0 Å². The van der Waals surface area contributed by atoms with Crippen molar-refractivity contribution in [3.8, 4) is 0 Å². The first-order valence-electron chi connectivity index (χ1n) is 4.79. The molecule has 0 amide bonds. The number of nitrogens with zero attached hydrogens (tertiary/aromatic N) is 1. The second-order valence-corrected chi connectivity index (χ2v) is 6.03. The van der Waals surface area contributed by atoms with Crippen molar-refractivity contribution in [1.29, 1.82) is 0 Å². The van der Waals surface area contributed by atoms with Gasteiger partial charge in [-0.1, -0.05) is 22.9 Å². The summed E-state index contributed by atoms with van der Waals surface area (Å²) in [5.41, 5.74) is 1.93. The molecule has 1 aromatic rings. The molecule has 3 heteroatoms. The number of thiazole rings is 1. The van der Waals surface area contributed by atoms with E-state index >= 15 is 0 Å². The van der Waals surface area contributed by atoms with Gasteiger partial charge in [0.25, 0.3) is 0 Å². The summed E-state index contributed by atoms with van der Waals surface area (Å²) in [5.74, 6) is 1.69. The maximum absolute atomic E-state index is 4.12. The van der Waals surface area contributed by atoms with Gasteiger partial charge in [0.2, 0.25) is 0 Å². The summed E-state index contributed by atoms with van der Waals surface area (Å²) in [6.07, 6.45) is 5.95. The first-order chi connectivity index (χ1) is 6.27. The van der Waals surface area contributed by atoms with Gasteiger partial charge in [0.15, 0.2) is 0 Å². The fraction of sp³-hybridized carbons (Fsp3) is 0.700. The van der Waals surface area contributed by atoms with Crippen molar-refractivity contribution in [3.05, 3.63) is 16.6 Å². The van der Waals surface area contributed by atoms with Crippen molar-refractivity contribution in [2.75, 3.05) is 0 Å². The molecule has 13 heavy (non-hydrogen) atoms. The Balaban J connectivity index is 1.96. The second-order valence-electron chi connectivity index (χ2n) is 3.88. The van der Waals surface area contributed by atoms with Crippen molar-refractivity contribution in [2.45, 2.75) is 31.0 Å². The van der Waals surface area contributed by atoms with Crippen LogP contribution in [0.3, 0.4) is 0 Å². The summed E-state index contributed by atoms with van der Waals surface area (Å²) in [6.45, 7) is 2.36. The summed E-state index contributed by atoms with van der Waals surface area (Å²) in [6, 6.07) is 0. The lowest BCUT2D eigenvalue weighted by atomic mass is 9.94. The van der Waals surface area contributed by atoms with Crippen LogP contribution in [-0.4, -0.2) is 9.81 Å². The molecular formula is C10H14BrNS. The fourth-order valence-corrected chi connectivity index (χ4v) is 3.47. The van der Waals surface area contributed by atoms with Crippen molar-refractivity contribution in [3.63, 3.8) is 0 Å². The molecule has 72 valence electrons. The van der Waals surface area contributed by atoms with Crippen LogP contribution in [0.4, 0.5) is 0 Å². The van der Waals surface area contributed by atoms with Gasteiger partial charge in [0.05, 0.1) is 5.51 Å². The molecule has 0 saturated heterocycles. The third-order valence-corrected chi connectivity index (χ3v) is 5.17. The number of rotatable bonds is 2. The number of aromatic nitrogens is 1. The fourth-order valence-electron chi connectivity index (χ4n) is 2.08. The zero-order valence-electron chi connectivity index (χ0n) is 7.74. The number of alkyl halides is 1. The van der Waals surface area contributed by atoms with Crippen molar-refractivity contribution >= 4 is 27.3 Å². The highest BCUT2D eigenvalue weighted by Gasteiger charge is 2.30. The Morgan fingerprint density at radius 1 is 1.62 bits per heavy atom. The molecule has 1 heterocycles. The lowest BCUT2D eigenvalue weighted by Crippen LogP contribution is -2.12. The smallest absolute Gasteiger partial charge is 0.0794 e. The third kappa shape index (κ3) is 2.13. The first kappa shape index (κ1) is 9.66. The Bertz CT molecular complexity index is 260. The number of hydrogen-bond acceptors (Lipinski definition) is 2. The number of hydrogen-bond donors (Lipinski definition) is 0. The van der Waals surface area contributed by atoms with E-state index in [9.17, 15) is 0 Å². The van der Waals surface area contributed by atoms with E-state index < -0.39 is 0 Å². The molecule has 3 atom stereocenters. The topological polar surface area (TPSA) is 12.9 Å². The molecular weight excluding hydrogens is 246 g/mol. The van der Waals surface area contributed by atoms with Crippen molar-refractivity contribution < 1.29 is 0 Å². The zero-order valence-corrected chi connectivity index (χ0v) is 10.1. The highest BCUT2D eigenvalue weighted by atomic mass is 79.9. The minimum Gasteiger partial charge on any atom is -0.253 e. The highest BCUT2D eigenvalue weighted by molar-refractivity contribution is 9.09. The second kappa shape index (κ2) is 4.09. The molecule has 0 bridgehead atoms. The van der Waals surface area contributed by atoms with Crippen LogP contribution in [0, 0.1) is 11.8 Å². The molecule has 1 fully saturated rings. The standard InChI is InChI=1S/C10H14BrNS/c1-7-8(2-3-10(7)11)4-9-5-12-6-13-9/h5-8,10H,2-4H2,1H3. The Labute approximate surface area is 91.7 Å². The highest BCUT2D eigenvalue weighted by Crippen LogP contribution is 2.38.